The van der Waals surface area contributed by atoms with Crippen LogP contribution in [0.25, 0.3) is 11.0 Å². The minimum Gasteiger partial charge on any atom is -0.369 e. The summed E-state index contributed by atoms with van der Waals surface area (Å²) in [5, 5.41) is 9.32. The molecule has 8 heteroatoms. The SMILES string of the molecule is O=c1[nH]c(N2CCC3(CC2)OCCc2ccsc23)nc2[nH]ncc12. The van der Waals surface area contributed by atoms with Gasteiger partial charge < -0.3 is 9.64 Å². The van der Waals surface area contributed by atoms with Crippen molar-refractivity contribution in [1.29, 1.82) is 0 Å². The quantitative estimate of drug-likeness (QED) is 0.703. The van der Waals surface area contributed by atoms with E-state index in [9.17, 15) is 4.79 Å². The highest BCUT2D eigenvalue weighted by molar-refractivity contribution is 7.10. The fraction of sp³-hybridized carbons (Fsp3) is 0.438. The Morgan fingerprint density at radius 3 is 3.08 bits per heavy atom. The zero-order valence-electron chi connectivity index (χ0n) is 13.0. The number of nitrogens with zero attached hydrogens (tertiary/aromatic N) is 3. The van der Waals surface area contributed by atoms with Gasteiger partial charge in [-0.1, -0.05) is 0 Å². The van der Waals surface area contributed by atoms with Gasteiger partial charge in [0.25, 0.3) is 5.56 Å². The van der Waals surface area contributed by atoms with Crippen molar-refractivity contribution in [3.63, 3.8) is 0 Å². The van der Waals surface area contributed by atoms with Crippen molar-refractivity contribution in [1.82, 2.24) is 20.2 Å². The number of piperidine rings is 1. The lowest BCUT2D eigenvalue weighted by Crippen LogP contribution is -2.46. The molecule has 0 saturated carbocycles. The molecule has 7 nitrogen and oxygen atoms in total. The summed E-state index contributed by atoms with van der Waals surface area (Å²) in [6.07, 6.45) is 4.33. The minimum absolute atomic E-state index is 0.154. The number of hydrogen-bond donors (Lipinski definition) is 2. The minimum atomic E-state index is -0.156. The monoisotopic (exact) mass is 343 g/mol. The highest BCUT2D eigenvalue weighted by Crippen LogP contribution is 2.44. The van der Waals surface area contributed by atoms with Crippen molar-refractivity contribution in [2.24, 2.45) is 0 Å². The molecule has 2 N–H and O–H groups in total. The molecule has 2 aliphatic rings. The van der Waals surface area contributed by atoms with Crippen LogP contribution in [0.3, 0.4) is 0 Å². The van der Waals surface area contributed by atoms with Crippen LogP contribution in [0.2, 0.25) is 0 Å². The van der Waals surface area contributed by atoms with E-state index in [-0.39, 0.29) is 11.2 Å². The first kappa shape index (κ1) is 14.2. The van der Waals surface area contributed by atoms with Crippen LogP contribution in [0.5, 0.6) is 0 Å². The maximum Gasteiger partial charge on any atom is 0.263 e. The fourth-order valence-corrected chi connectivity index (χ4v) is 4.96. The fourth-order valence-electron chi connectivity index (χ4n) is 3.79. The molecule has 5 heterocycles. The highest BCUT2D eigenvalue weighted by atomic mass is 32.1. The lowest BCUT2D eigenvalue weighted by atomic mass is 9.85. The van der Waals surface area contributed by atoms with Gasteiger partial charge in [0.15, 0.2) is 5.65 Å². The number of ether oxygens (including phenoxy) is 1. The predicted octanol–water partition coefficient (Wildman–Crippen LogP) is 1.78. The molecular weight excluding hydrogens is 326 g/mol. The molecule has 3 aromatic heterocycles. The van der Waals surface area contributed by atoms with Crippen LogP contribution in [0.4, 0.5) is 5.95 Å². The average Bonchev–Trinajstić information content (AvgIpc) is 3.25. The molecule has 0 radical (unpaired) electrons. The number of aromatic nitrogens is 4. The zero-order valence-corrected chi connectivity index (χ0v) is 13.9. The van der Waals surface area contributed by atoms with Crippen LogP contribution in [-0.4, -0.2) is 39.9 Å². The molecule has 1 saturated heterocycles. The Kier molecular flexibility index (Phi) is 3.04. The molecule has 124 valence electrons. The molecule has 5 rings (SSSR count). The van der Waals surface area contributed by atoms with Crippen LogP contribution >= 0.6 is 11.3 Å². The molecule has 0 aliphatic carbocycles. The average molecular weight is 343 g/mol. The van der Waals surface area contributed by atoms with Gasteiger partial charge in [0.05, 0.1) is 12.8 Å². The molecule has 0 unspecified atom stereocenters. The normalized spacial score (nSPS) is 19.8. The number of rotatable bonds is 1. The lowest BCUT2D eigenvalue weighted by molar-refractivity contribution is -0.0736. The smallest absolute Gasteiger partial charge is 0.263 e. The molecule has 2 aliphatic heterocycles. The van der Waals surface area contributed by atoms with Gasteiger partial charge in [-0.3, -0.25) is 14.9 Å². The number of fused-ring (bicyclic) bond motifs is 3. The number of anilines is 1. The number of thiophene rings is 1. The van der Waals surface area contributed by atoms with E-state index < -0.39 is 0 Å². The Morgan fingerprint density at radius 1 is 1.33 bits per heavy atom. The number of H-pyrrole nitrogens is 2. The molecular formula is C16H17N5O2S. The van der Waals surface area contributed by atoms with Crippen molar-refractivity contribution >= 4 is 28.3 Å². The summed E-state index contributed by atoms with van der Waals surface area (Å²) in [5.74, 6) is 0.605. The number of nitrogens with one attached hydrogen (secondary N) is 2. The molecule has 1 fully saturated rings. The van der Waals surface area contributed by atoms with Crippen molar-refractivity contribution in [2.75, 3.05) is 24.6 Å². The van der Waals surface area contributed by atoms with Crippen molar-refractivity contribution in [2.45, 2.75) is 24.9 Å². The lowest BCUT2D eigenvalue weighted by Gasteiger charge is -2.43. The first-order chi connectivity index (χ1) is 11.8. The molecule has 24 heavy (non-hydrogen) atoms. The van der Waals surface area contributed by atoms with E-state index in [0.29, 0.717) is 17.0 Å². The highest BCUT2D eigenvalue weighted by Gasteiger charge is 2.42. The molecule has 0 bridgehead atoms. The van der Waals surface area contributed by atoms with Crippen LogP contribution in [0.15, 0.2) is 22.4 Å². The Balaban J connectivity index is 1.43. The third kappa shape index (κ3) is 2.03. The summed E-state index contributed by atoms with van der Waals surface area (Å²) in [6, 6.07) is 2.22. The van der Waals surface area contributed by atoms with E-state index in [1.54, 1.807) is 11.3 Å². The second-order valence-corrected chi connectivity index (χ2v) is 7.29. The molecule has 1 spiro atoms. The van der Waals surface area contributed by atoms with Crippen LogP contribution in [0, 0.1) is 0 Å². The Hall–Kier alpha value is -2.19. The van der Waals surface area contributed by atoms with Gasteiger partial charge in [-0.15, -0.1) is 11.3 Å². The Bertz CT molecular complexity index is 951. The van der Waals surface area contributed by atoms with E-state index in [4.69, 9.17) is 4.74 Å². The van der Waals surface area contributed by atoms with Gasteiger partial charge in [0.2, 0.25) is 5.95 Å². The molecule has 0 amide bonds. The van der Waals surface area contributed by atoms with Crippen LogP contribution in [-0.2, 0) is 16.8 Å². The maximum atomic E-state index is 12.1. The number of hydrogen-bond acceptors (Lipinski definition) is 6. The number of aromatic amines is 2. The van der Waals surface area contributed by atoms with E-state index in [0.717, 1.165) is 39.0 Å². The predicted molar refractivity (Wildman–Crippen MR) is 91.6 cm³/mol. The summed E-state index contributed by atoms with van der Waals surface area (Å²) >= 11 is 1.80. The van der Waals surface area contributed by atoms with Gasteiger partial charge in [-0.25, -0.2) is 0 Å². The summed E-state index contributed by atoms with van der Waals surface area (Å²) in [7, 11) is 0. The van der Waals surface area contributed by atoms with Crippen molar-refractivity contribution in [3.05, 3.63) is 38.4 Å². The maximum absolute atomic E-state index is 12.1. The second kappa shape index (κ2) is 5.15. The largest absolute Gasteiger partial charge is 0.369 e. The second-order valence-electron chi connectivity index (χ2n) is 6.38. The van der Waals surface area contributed by atoms with Crippen LogP contribution in [0.1, 0.15) is 23.3 Å². The Labute approximate surface area is 141 Å². The van der Waals surface area contributed by atoms with E-state index in [2.05, 4.69) is 36.5 Å². The molecule has 0 atom stereocenters. The molecule has 0 aromatic carbocycles. The summed E-state index contributed by atoms with van der Waals surface area (Å²) < 4.78 is 6.23. The van der Waals surface area contributed by atoms with Crippen molar-refractivity contribution in [3.8, 4) is 0 Å². The van der Waals surface area contributed by atoms with Gasteiger partial charge in [-0.05, 0) is 36.3 Å². The van der Waals surface area contributed by atoms with E-state index >= 15 is 0 Å². The topological polar surface area (TPSA) is 86.9 Å². The first-order valence-corrected chi connectivity index (χ1v) is 9.02. The van der Waals surface area contributed by atoms with Gasteiger partial charge in [0.1, 0.15) is 11.0 Å². The molecule has 3 aromatic rings. The zero-order chi connectivity index (χ0) is 16.1. The van der Waals surface area contributed by atoms with E-state index in [1.165, 1.54) is 16.6 Å². The van der Waals surface area contributed by atoms with Gasteiger partial charge >= 0.3 is 0 Å². The standard InChI is InChI=1S/C16H17N5O2S/c22-14-11-9-17-20-13(11)18-15(19-14)21-5-3-16(4-6-21)12-10(1-7-23-16)2-8-24-12/h2,8-9H,1,3-7H2,(H2,17,18,19,20,22). The summed E-state index contributed by atoms with van der Waals surface area (Å²) in [6.45, 7) is 2.40. The Morgan fingerprint density at radius 2 is 2.21 bits per heavy atom. The third-order valence-corrected chi connectivity index (χ3v) is 6.23. The third-order valence-electron chi connectivity index (χ3n) is 5.09. The van der Waals surface area contributed by atoms with Gasteiger partial charge in [-0.2, -0.15) is 10.1 Å². The van der Waals surface area contributed by atoms with Gasteiger partial charge in [0, 0.05) is 18.0 Å². The first-order valence-electron chi connectivity index (χ1n) is 8.14. The van der Waals surface area contributed by atoms with Crippen LogP contribution < -0.4 is 10.5 Å². The summed E-state index contributed by atoms with van der Waals surface area (Å²) in [5.41, 5.74) is 1.66. The summed E-state index contributed by atoms with van der Waals surface area (Å²) in [4.78, 5) is 23.0. The van der Waals surface area contributed by atoms with Crippen molar-refractivity contribution < 1.29 is 4.74 Å². The van der Waals surface area contributed by atoms with E-state index in [1.807, 2.05) is 0 Å².